The van der Waals surface area contributed by atoms with Crippen molar-refractivity contribution in [3.05, 3.63) is 34.2 Å². The highest BCUT2D eigenvalue weighted by Gasteiger charge is 2.13. The summed E-state index contributed by atoms with van der Waals surface area (Å²) in [7, 11) is 0. The summed E-state index contributed by atoms with van der Waals surface area (Å²) in [6, 6.07) is 4.12. The average Bonchev–Trinajstić information content (AvgIpc) is 2.46. The van der Waals surface area contributed by atoms with Crippen LogP contribution in [-0.2, 0) is 0 Å². The Hall–Kier alpha value is -0.830. The van der Waals surface area contributed by atoms with Gasteiger partial charge in [0.25, 0.3) is 0 Å². The van der Waals surface area contributed by atoms with Crippen molar-refractivity contribution in [2.24, 2.45) is 0 Å². The van der Waals surface area contributed by atoms with Crippen molar-refractivity contribution >= 4 is 21.6 Å². The van der Waals surface area contributed by atoms with Crippen LogP contribution in [-0.4, -0.2) is 9.38 Å². The summed E-state index contributed by atoms with van der Waals surface area (Å²) >= 11 is 3.59. The second-order valence-electron chi connectivity index (χ2n) is 3.83. The van der Waals surface area contributed by atoms with Crippen molar-refractivity contribution in [2.75, 3.05) is 0 Å². The molecule has 0 saturated carbocycles. The van der Waals surface area contributed by atoms with Crippen LogP contribution in [0.3, 0.4) is 0 Å². The number of aryl methyl sites for hydroxylation is 1. The minimum absolute atomic E-state index is 0.448. The quantitative estimate of drug-likeness (QED) is 0.759. The van der Waals surface area contributed by atoms with Crippen LogP contribution in [0.5, 0.6) is 0 Å². The second kappa shape index (κ2) is 3.39. The van der Waals surface area contributed by atoms with Crippen molar-refractivity contribution in [3.8, 4) is 0 Å². The number of pyridine rings is 1. The molecule has 0 aliphatic heterocycles. The first kappa shape index (κ1) is 9.71. The van der Waals surface area contributed by atoms with E-state index in [1.54, 1.807) is 0 Å². The molecular formula is C11H13BrN2. The second-order valence-corrected chi connectivity index (χ2v) is 4.58. The smallest absolute Gasteiger partial charge is 0.140 e. The van der Waals surface area contributed by atoms with Gasteiger partial charge in [0.05, 0.1) is 5.69 Å². The molecule has 0 aliphatic rings. The first-order valence-corrected chi connectivity index (χ1v) is 5.53. The van der Waals surface area contributed by atoms with Crippen molar-refractivity contribution in [1.29, 1.82) is 0 Å². The van der Waals surface area contributed by atoms with E-state index < -0.39 is 0 Å². The molecule has 2 aromatic heterocycles. The predicted octanol–water partition coefficient (Wildman–Crippen LogP) is 3.53. The van der Waals surface area contributed by atoms with Crippen molar-refractivity contribution < 1.29 is 0 Å². The standard InChI is InChI=1S/C11H13BrN2/c1-7(2)9-10(12)14-6-4-5-8(3)11(14)13-9/h4-7H,1-3H3. The molecule has 0 bridgehead atoms. The van der Waals surface area contributed by atoms with E-state index in [9.17, 15) is 0 Å². The molecule has 0 unspecified atom stereocenters. The van der Waals surface area contributed by atoms with Crippen LogP contribution in [0.4, 0.5) is 0 Å². The lowest BCUT2D eigenvalue weighted by molar-refractivity contribution is 0.826. The van der Waals surface area contributed by atoms with Gasteiger partial charge in [0.2, 0.25) is 0 Å². The van der Waals surface area contributed by atoms with Crippen LogP contribution in [0.2, 0.25) is 0 Å². The van der Waals surface area contributed by atoms with Crippen molar-refractivity contribution in [1.82, 2.24) is 9.38 Å². The zero-order chi connectivity index (χ0) is 10.3. The van der Waals surface area contributed by atoms with Crippen LogP contribution in [0.25, 0.3) is 5.65 Å². The summed E-state index contributed by atoms with van der Waals surface area (Å²) in [5, 5.41) is 0. The van der Waals surface area contributed by atoms with Crippen LogP contribution < -0.4 is 0 Å². The van der Waals surface area contributed by atoms with E-state index in [4.69, 9.17) is 0 Å². The van der Waals surface area contributed by atoms with Crippen molar-refractivity contribution in [2.45, 2.75) is 26.7 Å². The Morgan fingerprint density at radius 2 is 2.14 bits per heavy atom. The number of hydrogen-bond donors (Lipinski definition) is 0. The predicted molar refractivity (Wildman–Crippen MR) is 61.7 cm³/mol. The maximum absolute atomic E-state index is 4.63. The van der Waals surface area contributed by atoms with E-state index in [2.05, 4.69) is 52.2 Å². The van der Waals surface area contributed by atoms with Crippen LogP contribution in [0.15, 0.2) is 22.9 Å². The summed E-state index contributed by atoms with van der Waals surface area (Å²) in [5.41, 5.74) is 3.38. The van der Waals surface area contributed by atoms with E-state index in [1.807, 2.05) is 12.3 Å². The van der Waals surface area contributed by atoms with Gasteiger partial charge in [-0.25, -0.2) is 4.98 Å². The Labute approximate surface area is 92.1 Å². The molecule has 0 aliphatic carbocycles. The monoisotopic (exact) mass is 252 g/mol. The first-order chi connectivity index (χ1) is 6.61. The minimum atomic E-state index is 0.448. The molecule has 0 amide bonds. The molecule has 0 fully saturated rings. The number of aromatic nitrogens is 2. The van der Waals surface area contributed by atoms with Gasteiger partial charge in [-0.15, -0.1) is 0 Å². The van der Waals surface area contributed by atoms with E-state index >= 15 is 0 Å². The fraction of sp³-hybridized carbons (Fsp3) is 0.364. The normalized spacial score (nSPS) is 11.5. The molecule has 3 heteroatoms. The van der Waals surface area contributed by atoms with Gasteiger partial charge < -0.3 is 0 Å². The largest absolute Gasteiger partial charge is 0.294 e. The zero-order valence-electron chi connectivity index (χ0n) is 8.58. The SMILES string of the molecule is Cc1cccn2c(Br)c(C(C)C)nc12. The maximum atomic E-state index is 4.63. The zero-order valence-corrected chi connectivity index (χ0v) is 10.2. The number of imidazole rings is 1. The highest BCUT2D eigenvalue weighted by atomic mass is 79.9. The molecule has 0 spiro atoms. The Balaban J connectivity index is 2.80. The number of rotatable bonds is 1. The number of halogens is 1. The van der Waals surface area contributed by atoms with E-state index in [0.717, 1.165) is 15.9 Å². The summed E-state index contributed by atoms with van der Waals surface area (Å²) in [6.45, 7) is 6.39. The Morgan fingerprint density at radius 1 is 1.43 bits per heavy atom. The third-order valence-corrected chi connectivity index (χ3v) is 3.15. The topological polar surface area (TPSA) is 17.3 Å². The summed E-state index contributed by atoms with van der Waals surface area (Å²) in [5.74, 6) is 0.448. The van der Waals surface area contributed by atoms with Crippen LogP contribution in [0, 0.1) is 6.92 Å². The molecule has 0 radical (unpaired) electrons. The number of fused-ring (bicyclic) bond motifs is 1. The van der Waals surface area contributed by atoms with E-state index in [-0.39, 0.29) is 0 Å². The van der Waals surface area contributed by atoms with Crippen molar-refractivity contribution in [3.63, 3.8) is 0 Å². The van der Waals surface area contributed by atoms with Gasteiger partial charge in [-0.3, -0.25) is 4.40 Å². The first-order valence-electron chi connectivity index (χ1n) is 4.74. The average molecular weight is 253 g/mol. The third kappa shape index (κ3) is 1.36. The third-order valence-electron chi connectivity index (χ3n) is 2.36. The number of hydrogen-bond acceptors (Lipinski definition) is 1. The molecule has 0 saturated heterocycles. The van der Waals surface area contributed by atoms with E-state index in [0.29, 0.717) is 5.92 Å². The lowest BCUT2D eigenvalue weighted by Gasteiger charge is -1.99. The molecule has 74 valence electrons. The minimum Gasteiger partial charge on any atom is -0.294 e. The Bertz CT molecular complexity index is 471. The molecule has 0 atom stereocenters. The van der Waals surface area contributed by atoms with Gasteiger partial charge >= 0.3 is 0 Å². The summed E-state index contributed by atoms with van der Waals surface area (Å²) in [6.07, 6.45) is 2.03. The lowest BCUT2D eigenvalue weighted by atomic mass is 10.2. The van der Waals surface area contributed by atoms with Crippen LogP contribution >= 0.6 is 15.9 Å². The van der Waals surface area contributed by atoms with Gasteiger partial charge in [0.15, 0.2) is 0 Å². The molecule has 0 N–H and O–H groups in total. The molecule has 2 nitrogen and oxygen atoms in total. The molecule has 2 aromatic rings. The van der Waals surface area contributed by atoms with E-state index in [1.165, 1.54) is 5.56 Å². The van der Waals surface area contributed by atoms with Gasteiger partial charge in [-0.1, -0.05) is 19.9 Å². The Morgan fingerprint density at radius 3 is 2.71 bits per heavy atom. The molecule has 14 heavy (non-hydrogen) atoms. The fourth-order valence-corrected chi connectivity index (χ4v) is 2.39. The molecule has 2 heterocycles. The Kier molecular flexibility index (Phi) is 2.35. The van der Waals surface area contributed by atoms with Gasteiger partial charge in [0, 0.05) is 6.20 Å². The van der Waals surface area contributed by atoms with Crippen LogP contribution in [0.1, 0.15) is 31.0 Å². The highest BCUT2D eigenvalue weighted by molar-refractivity contribution is 9.10. The maximum Gasteiger partial charge on any atom is 0.140 e. The molecule has 0 aromatic carbocycles. The summed E-state index contributed by atoms with van der Waals surface area (Å²) < 4.78 is 3.16. The summed E-state index contributed by atoms with van der Waals surface area (Å²) in [4.78, 5) is 4.63. The highest BCUT2D eigenvalue weighted by Crippen LogP contribution is 2.26. The van der Waals surface area contributed by atoms with Gasteiger partial charge in [0.1, 0.15) is 10.3 Å². The van der Waals surface area contributed by atoms with Gasteiger partial charge in [-0.05, 0) is 40.4 Å². The molecular weight excluding hydrogens is 240 g/mol. The lowest BCUT2D eigenvalue weighted by Crippen LogP contribution is -1.88. The fourth-order valence-electron chi connectivity index (χ4n) is 1.56. The molecule has 2 rings (SSSR count). The van der Waals surface area contributed by atoms with Gasteiger partial charge in [-0.2, -0.15) is 0 Å². The number of nitrogens with zero attached hydrogens (tertiary/aromatic N) is 2.